The van der Waals surface area contributed by atoms with Crippen molar-refractivity contribution in [2.75, 3.05) is 25.0 Å². The van der Waals surface area contributed by atoms with Crippen LogP contribution in [0.5, 0.6) is 0 Å². The maximum atomic E-state index is 11.8. The minimum Gasteiger partial charge on any atom is -0.320 e. The molecule has 1 aliphatic heterocycles. The summed E-state index contributed by atoms with van der Waals surface area (Å²) in [6, 6.07) is 6.25. The van der Waals surface area contributed by atoms with Gasteiger partial charge in [0.15, 0.2) is 0 Å². The summed E-state index contributed by atoms with van der Waals surface area (Å²) in [5, 5.41) is 3.10. The van der Waals surface area contributed by atoms with E-state index >= 15 is 0 Å². The van der Waals surface area contributed by atoms with E-state index in [2.05, 4.69) is 30.4 Å². The molecule has 1 aromatic carbocycles. The number of hydrogen-bond acceptors (Lipinski definition) is 2. The number of aryl methyl sites for hydroxylation is 1. The van der Waals surface area contributed by atoms with Crippen LogP contribution in [-0.2, 0) is 11.2 Å². The summed E-state index contributed by atoms with van der Waals surface area (Å²) < 4.78 is 0. The molecule has 0 atom stereocenters. The van der Waals surface area contributed by atoms with Crippen molar-refractivity contribution < 1.29 is 4.79 Å². The number of fused-ring (bicyclic) bond motifs is 1. The average Bonchev–Trinajstić information content (AvgIpc) is 2.56. The van der Waals surface area contributed by atoms with Gasteiger partial charge in [0.05, 0.1) is 6.42 Å². The summed E-state index contributed by atoms with van der Waals surface area (Å²) in [5.74, 6) is 0.233. The van der Waals surface area contributed by atoms with E-state index in [0.717, 1.165) is 25.2 Å². The zero-order chi connectivity index (χ0) is 11.5. The van der Waals surface area contributed by atoms with Crippen molar-refractivity contribution in [2.45, 2.75) is 19.8 Å². The van der Waals surface area contributed by atoms with E-state index in [9.17, 15) is 4.79 Å². The molecule has 3 heteroatoms. The molecule has 0 unspecified atom stereocenters. The third kappa shape index (κ3) is 2.09. The van der Waals surface area contributed by atoms with Gasteiger partial charge in [-0.3, -0.25) is 4.79 Å². The lowest BCUT2D eigenvalue weighted by Gasteiger charge is -2.17. The number of rotatable bonds is 4. The van der Waals surface area contributed by atoms with Gasteiger partial charge in [-0.15, -0.1) is 0 Å². The van der Waals surface area contributed by atoms with E-state index in [1.807, 2.05) is 11.9 Å². The molecule has 1 amide bonds. The molecular formula is C13H18N2O. The van der Waals surface area contributed by atoms with E-state index in [-0.39, 0.29) is 5.91 Å². The van der Waals surface area contributed by atoms with Crippen LogP contribution >= 0.6 is 0 Å². The Balaban J connectivity index is 2.15. The van der Waals surface area contributed by atoms with E-state index in [0.29, 0.717) is 6.42 Å². The van der Waals surface area contributed by atoms with Gasteiger partial charge in [-0.25, -0.2) is 0 Å². The van der Waals surface area contributed by atoms with Crippen molar-refractivity contribution in [1.82, 2.24) is 5.32 Å². The number of amides is 1. The number of nitrogens with one attached hydrogen (secondary N) is 1. The number of hydrogen-bond donors (Lipinski definition) is 1. The predicted octanol–water partition coefficient (Wildman–Crippen LogP) is 1.49. The summed E-state index contributed by atoms with van der Waals surface area (Å²) in [4.78, 5) is 13.8. The lowest BCUT2D eigenvalue weighted by Crippen LogP contribution is -2.29. The molecule has 0 saturated carbocycles. The Bertz CT molecular complexity index is 401. The standard InChI is InChI=1S/C13H18N2O/c1-10-4-5-11-9-13(16)15(12(11)8-10)7-3-6-14-2/h4-5,8,14H,3,6-7,9H2,1-2H3. The normalized spacial score (nSPS) is 14.4. The third-order valence-electron chi connectivity index (χ3n) is 2.98. The fourth-order valence-electron chi connectivity index (χ4n) is 2.13. The maximum absolute atomic E-state index is 11.8. The lowest BCUT2D eigenvalue weighted by molar-refractivity contribution is -0.117. The van der Waals surface area contributed by atoms with E-state index in [1.165, 1.54) is 11.1 Å². The summed E-state index contributed by atoms with van der Waals surface area (Å²) in [6.45, 7) is 3.83. The minimum atomic E-state index is 0.233. The highest BCUT2D eigenvalue weighted by Crippen LogP contribution is 2.29. The third-order valence-corrected chi connectivity index (χ3v) is 2.98. The minimum absolute atomic E-state index is 0.233. The number of carbonyl (C=O) groups is 1. The molecule has 0 saturated heterocycles. The highest BCUT2D eigenvalue weighted by Gasteiger charge is 2.26. The largest absolute Gasteiger partial charge is 0.320 e. The molecule has 16 heavy (non-hydrogen) atoms. The summed E-state index contributed by atoms with van der Waals surface area (Å²) in [5.41, 5.74) is 3.49. The molecular weight excluding hydrogens is 200 g/mol. The van der Waals surface area contributed by atoms with Gasteiger partial charge in [-0.1, -0.05) is 12.1 Å². The van der Waals surface area contributed by atoms with Crippen LogP contribution < -0.4 is 10.2 Å². The summed E-state index contributed by atoms with van der Waals surface area (Å²) >= 11 is 0. The Morgan fingerprint density at radius 3 is 3.00 bits per heavy atom. The topological polar surface area (TPSA) is 32.3 Å². The predicted molar refractivity (Wildman–Crippen MR) is 65.8 cm³/mol. The first-order chi connectivity index (χ1) is 7.72. The van der Waals surface area contributed by atoms with Crippen molar-refractivity contribution in [3.63, 3.8) is 0 Å². The maximum Gasteiger partial charge on any atom is 0.231 e. The Morgan fingerprint density at radius 1 is 1.44 bits per heavy atom. The van der Waals surface area contributed by atoms with E-state index in [1.54, 1.807) is 0 Å². The molecule has 1 heterocycles. The van der Waals surface area contributed by atoms with E-state index < -0.39 is 0 Å². The van der Waals surface area contributed by atoms with Gasteiger partial charge in [0.1, 0.15) is 0 Å². The molecule has 2 rings (SSSR count). The Labute approximate surface area is 96.5 Å². The van der Waals surface area contributed by atoms with Crippen LogP contribution in [0.25, 0.3) is 0 Å². The fourth-order valence-corrected chi connectivity index (χ4v) is 2.13. The van der Waals surface area contributed by atoms with Gasteiger partial charge in [0.2, 0.25) is 5.91 Å². The monoisotopic (exact) mass is 218 g/mol. The van der Waals surface area contributed by atoms with Crippen molar-refractivity contribution in [3.05, 3.63) is 29.3 Å². The molecule has 1 N–H and O–H groups in total. The van der Waals surface area contributed by atoms with Crippen molar-refractivity contribution in [2.24, 2.45) is 0 Å². The second-order valence-corrected chi connectivity index (χ2v) is 4.31. The van der Waals surface area contributed by atoms with Crippen LogP contribution in [0.3, 0.4) is 0 Å². The van der Waals surface area contributed by atoms with Gasteiger partial charge in [-0.05, 0) is 44.1 Å². The van der Waals surface area contributed by atoms with Crippen LogP contribution in [0.2, 0.25) is 0 Å². The molecule has 1 aliphatic rings. The molecule has 3 nitrogen and oxygen atoms in total. The molecule has 0 radical (unpaired) electrons. The molecule has 0 fully saturated rings. The number of benzene rings is 1. The molecule has 0 aliphatic carbocycles. The van der Waals surface area contributed by atoms with Crippen LogP contribution in [0, 0.1) is 6.92 Å². The van der Waals surface area contributed by atoms with Crippen molar-refractivity contribution in [1.29, 1.82) is 0 Å². The van der Waals surface area contributed by atoms with Crippen LogP contribution in [0.15, 0.2) is 18.2 Å². The second kappa shape index (κ2) is 4.66. The highest BCUT2D eigenvalue weighted by atomic mass is 16.2. The highest BCUT2D eigenvalue weighted by molar-refractivity contribution is 6.01. The van der Waals surface area contributed by atoms with Crippen molar-refractivity contribution in [3.8, 4) is 0 Å². The zero-order valence-corrected chi connectivity index (χ0v) is 9.92. The molecule has 0 spiro atoms. The van der Waals surface area contributed by atoms with Gasteiger partial charge >= 0.3 is 0 Å². The zero-order valence-electron chi connectivity index (χ0n) is 9.92. The molecule has 1 aromatic rings. The fraction of sp³-hybridized carbons (Fsp3) is 0.462. The van der Waals surface area contributed by atoms with Crippen LogP contribution in [0.4, 0.5) is 5.69 Å². The Hall–Kier alpha value is -1.35. The first-order valence-corrected chi connectivity index (χ1v) is 5.77. The van der Waals surface area contributed by atoms with Crippen LogP contribution in [-0.4, -0.2) is 26.0 Å². The van der Waals surface area contributed by atoms with E-state index in [4.69, 9.17) is 0 Å². The van der Waals surface area contributed by atoms with Crippen molar-refractivity contribution >= 4 is 11.6 Å². The Morgan fingerprint density at radius 2 is 2.25 bits per heavy atom. The lowest BCUT2D eigenvalue weighted by atomic mass is 10.1. The van der Waals surface area contributed by atoms with Gasteiger partial charge in [-0.2, -0.15) is 0 Å². The first-order valence-electron chi connectivity index (χ1n) is 5.77. The van der Waals surface area contributed by atoms with Crippen LogP contribution in [0.1, 0.15) is 17.5 Å². The number of anilines is 1. The summed E-state index contributed by atoms with van der Waals surface area (Å²) in [7, 11) is 1.93. The molecule has 0 aromatic heterocycles. The Kier molecular flexibility index (Phi) is 3.25. The SMILES string of the molecule is CNCCCN1C(=O)Cc2ccc(C)cc21. The quantitative estimate of drug-likeness (QED) is 0.777. The smallest absolute Gasteiger partial charge is 0.231 e. The number of nitrogens with zero attached hydrogens (tertiary/aromatic N) is 1. The van der Waals surface area contributed by atoms with Gasteiger partial charge in [0.25, 0.3) is 0 Å². The first kappa shape index (κ1) is 11.1. The van der Waals surface area contributed by atoms with Gasteiger partial charge in [0, 0.05) is 12.2 Å². The van der Waals surface area contributed by atoms with Gasteiger partial charge < -0.3 is 10.2 Å². The number of carbonyl (C=O) groups excluding carboxylic acids is 1. The summed E-state index contributed by atoms with van der Waals surface area (Å²) in [6.07, 6.45) is 1.56. The molecule has 86 valence electrons. The molecule has 0 bridgehead atoms. The average molecular weight is 218 g/mol. The second-order valence-electron chi connectivity index (χ2n) is 4.31.